The van der Waals surface area contributed by atoms with Crippen LogP contribution in [0.15, 0.2) is 34.8 Å². The minimum atomic E-state index is 0.688. The Balaban J connectivity index is 2.66. The highest BCUT2D eigenvalue weighted by Crippen LogP contribution is 2.23. The molecule has 0 unspecified atom stereocenters. The Labute approximate surface area is 106 Å². The maximum Gasteiger partial charge on any atom is 0.123 e. The second kappa shape index (κ2) is 6.71. The Morgan fingerprint density at radius 3 is 2.88 bits per heavy atom. The molecule has 0 heterocycles. The zero-order valence-corrected chi connectivity index (χ0v) is 11.4. The molecule has 1 aromatic rings. The van der Waals surface area contributed by atoms with Crippen LogP contribution < -0.4 is 10.1 Å². The summed E-state index contributed by atoms with van der Waals surface area (Å²) in [6.07, 6.45) is 0.898. The quantitative estimate of drug-likeness (QED) is 0.807. The van der Waals surface area contributed by atoms with E-state index in [1.54, 1.807) is 0 Å². The Kier molecular flexibility index (Phi) is 5.56. The SMILES string of the molecule is C=C(C)CCOc1ccc(Br)cc1CNC. The van der Waals surface area contributed by atoms with Gasteiger partial charge in [-0.3, -0.25) is 0 Å². The molecule has 0 aliphatic rings. The molecule has 0 fully saturated rings. The highest BCUT2D eigenvalue weighted by Gasteiger charge is 2.03. The molecule has 2 nitrogen and oxygen atoms in total. The van der Waals surface area contributed by atoms with Crippen LogP contribution in [0.2, 0.25) is 0 Å². The van der Waals surface area contributed by atoms with E-state index in [0.29, 0.717) is 6.61 Å². The summed E-state index contributed by atoms with van der Waals surface area (Å²) in [4.78, 5) is 0. The lowest BCUT2D eigenvalue weighted by molar-refractivity contribution is 0.318. The van der Waals surface area contributed by atoms with Gasteiger partial charge in [-0.15, -0.1) is 6.58 Å². The molecule has 1 rings (SSSR count). The maximum atomic E-state index is 5.73. The van der Waals surface area contributed by atoms with Gasteiger partial charge in [0, 0.05) is 23.0 Å². The number of rotatable bonds is 6. The van der Waals surface area contributed by atoms with Crippen molar-refractivity contribution in [1.82, 2.24) is 5.32 Å². The van der Waals surface area contributed by atoms with Crippen LogP contribution in [0.5, 0.6) is 5.75 Å². The monoisotopic (exact) mass is 283 g/mol. The lowest BCUT2D eigenvalue weighted by Crippen LogP contribution is -2.08. The van der Waals surface area contributed by atoms with E-state index >= 15 is 0 Å². The van der Waals surface area contributed by atoms with Crippen LogP contribution in [0, 0.1) is 0 Å². The Hall–Kier alpha value is -0.800. The molecule has 0 saturated heterocycles. The van der Waals surface area contributed by atoms with E-state index in [1.165, 1.54) is 5.56 Å². The first-order valence-electron chi connectivity index (χ1n) is 5.33. The Bertz CT molecular complexity index is 363. The lowest BCUT2D eigenvalue weighted by atomic mass is 10.2. The second-order valence-electron chi connectivity index (χ2n) is 3.84. The summed E-state index contributed by atoms with van der Waals surface area (Å²) < 4.78 is 6.81. The molecule has 0 aliphatic heterocycles. The molecule has 0 atom stereocenters. The average Bonchev–Trinajstić information content (AvgIpc) is 2.21. The fraction of sp³-hybridized carbons (Fsp3) is 0.385. The fourth-order valence-electron chi connectivity index (χ4n) is 1.35. The molecule has 3 heteroatoms. The zero-order valence-electron chi connectivity index (χ0n) is 9.85. The van der Waals surface area contributed by atoms with E-state index in [-0.39, 0.29) is 0 Å². The van der Waals surface area contributed by atoms with Crippen molar-refractivity contribution < 1.29 is 4.74 Å². The van der Waals surface area contributed by atoms with Gasteiger partial charge in [0.15, 0.2) is 0 Å². The first-order chi connectivity index (χ1) is 7.63. The molecule has 0 radical (unpaired) electrons. The second-order valence-corrected chi connectivity index (χ2v) is 4.75. The molecule has 0 saturated carbocycles. The summed E-state index contributed by atoms with van der Waals surface area (Å²) >= 11 is 3.46. The summed E-state index contributed by atoms with van der Waals surface area (Å²) in [6.45, 7) is 7.37. The number of benzene rings is 1. The average molecular weight is 284 g/mol. The minimum absolute atomic E-state index is 0.688. The fourth-order valence-corrected chi connectivity index (χ4v) is 1.76. The summed E-state index contributed by atoms with van der Waals surface area (Å²) in [5.41, 5.74) is 2.31. The maximum absolute atomic E-state index is 5.73. The van der Waals surface area contributed by atoms with E-state index in [0.717, 1.165) is 28.8 Å². The Morgan fingerprint density at radius 1 is 1.50 bits per heavy atom. The number of ether oxygens (including phenoxy) is 1. The van der Waals surface area contributed by atoms with E-state index in [2.05, 4.69) is 33.9 Å². The van der Waals surface area contributed by atoms with Crippen molar-refractivity contribution in [3.63, 3.8) is 0 Å². The van der Waals surface area contributed by atoms with Crippen molar-refractivity contribution >= 4 is 15.9 Å². The van der Waals surface area contributed by atoms with Crippen molar-refractivity contribution in [1.29, 1.82) is 0 Å². The smallest absolute Gasteiger partial charge is 0.123 e. The van der Waals surface area contributed by atoms with Crippen LogP contribution in [0.4, 0.5) is 0 Å². The van der Waals surface area contributed by atoms with Crippen molar-refractivity contribution in [2.75, 3.05) is 13.7 Å². The van der Waals surface area contributed by atoms with Gasteiger partial charge in [0.2, 0.25) is 0 Å². The summed E-state index contributed by atoms with van der Waals surface area (Å²) in [7, 11) is 1.93. The molecule has 88 valence electrons. The summed E-state index contributed by atoms with van der Waals surface area (Å²) in [5, 5.41) is 3.13. The third kappa shape index (κ3) is 4.37. The van der Waals surface area contributed by atoms with Crippen molar-refractivity contribution in [2.24, 2.45) is 0 Å². The van der Waals surface area contributed by atoms with Crippen molar-refractivity contribution in [3.05, 3.63) is 40.4 Å². The predicted molar refractivity (Wildman–Crippen MR) is 71.8 cm³/mol. The zero-order chi connectivity index (χ0) is 12.0. The Morgan fingerprint density at radius 2 is 2.25 bits per heavy atom. The van der Waals surface area contributed by atoms with Gasteiger partial charge in [-0.25, -0.2) is 0 Å². The number of halogens is 1. The van der Waals surface area contributed by atoms with Crippen LogP contribution in [0.3, 0.4) is 0 Å². The largest absolute Gasteiger partial charge is 0.493 e. The molecule has 0 aliphatic carbocycles. The van der Waals surface area contributed by atoms with Gasteiger partial charge in [0.1, 0.15) is 5.75 Å². The van der Waals surface area contributed by atoms with Gasteiger partial charge in [-0.2, -0.15) is 0 Å². The van der Waals surface area contributed by atoms with Crippen molar-refractivity contribution in [3.8, 4) is 5.75 Å². The molecule has 0 aromatic heterocycles. The van der Waals surface area contributed by atoms with E-state index in [4.69, 9.17) is 4.74 Å². The topological polar surface area (TPSA) is 21.3 Å². The van der Waals surface area contributed by atoms with Crippen LogP contribution in [-0.4, -0.2) is 13.7 Å². The minimum Gasteiger partial charge on any atom is -0.493 e. The van der Waals surface area contributed by atoms with Gasteiger partial charge in [0.05, 0.1) is 6.61 Å². The number of hydrogen-bond donors (Lipinski definition) is 1. The third-order valence-corrected chi connectivity index (χ3v) is 2.67. The third-order valence-electron chi connectivity index (χ3n) is 2.18. The summed E-state index contributed by atoms with van der Waals surface area (Å²) in [6, 6.07) is 6.07. The van der Waals surface area contributed by atoms with Crippen LogP contribution in [-0.2, 0) is 6.54 Å². The molecular weight excluding hydrogens is 266 g/mol. The molecule has 16 heavy (non-hydrogen) atoms. The normalized spacial score (nSPS) is 10.2. The first kappa shape index (κ1) is 13.3. The number of nitrogens with one attached hydrogen (secondary N) is 1. The molecule has 1 N–H and O–H groups in total. The van der Waals surface area contributed by atoms with Crippen molar-refractivity contribution in [2.45, 2.75) is 19.9 Å². The highest BCUT2D eigenvalue weighted by molar-refractivity contribution is 9.10. The first-order valence-corrected chi connectivity index (χ1v) is 6.13. The molecular formula is C13H18BrNO. The molecule has 0 amide bonds. The summed E-state index contributed by atoms with van der Waals surface area (Å²) in [5.74, 6) is 0.943. The van der Waals surface area contributed by atoms with Gasteiger partial charge in [0.25, 0.3) is 0 Å². The molecule has 0 spiro atoms. The predicted octanol–water partition coefficient (Wildman–Crippen LogP) is 3.51. The van der Waals surface area contributed by atoms with E-state index in [9.17, 15) is 0 Å². The lowest BCUT2D eigenvalue weighted by Gasteiger charge is -2.11. The molecule has 1 aromatic carbocycles. The molecule has 0 bridgehead atoms. The highest BCUT2D eigenvalue weighted by atomic mass is 79.9. The van der Waals surface area contributed by atoms with Gasteiger partial charge >= 0.3 is 0 Å². The van der Waals surface area contributed by atoms with Crippen LogP contribution in [0.1, 0.15) is 18.9 Å². The van der Waals surface area contributed by atoms with Gasteiger partial charge in [-0.1, -0.05) is 21.5 Å². The van der Waals surface area contributed by atoms with E-state index in [1.807, 2.05) is 26.1 Å². The van der Waals surface area contributed by atoms with Crippen LogP contribution >= 0.6 is 15.9 Å². The van der Waals surface area contributed by atoms with E-state index < -0.39 is 0 Å². The standard InChI is InChI=1S/C13H18BrNO/c1-10(2)6-7-16-13-5-4-12(14)8-11(13)9-15-3/h4-5,8,15H,1,6-7,9H2,2-3H3. The van der Waals surface area contributed by atoms with Gasteiger partial charge in [-0.05, 0) is 32.2 Å². The van der Waals surface area contributed by atoms with Gasteiger partial charge < -0.3 is 10.1 Å². The van der Waals surface area contributed by atoms with Crippen LogP contribution in [0.25, 0.3) is 0 Å². The number of hydrogen-bond acceptors (Lipinski definition) is 2.